The Balaban J connectivity index is 1.48. The zero-order valence-corrected chi connectivity index (χ0v) is 18.5. The first kappa shape index (κ1) is 20.7. The Morgan fingerprint density at radius 1 is 1.10 bits per heavy atom. The van der Waals surface area contributed by atoms with E-state index in [1.807, 2.05) is 24.3 Å². The van der Waals surface area contributed by atoms with Crippen LogP contribution in [-0.4, -0.2) is 30.2 Å². The predicted octanol–water partition coefficient (Wildman–Crippen LogP) is 4.27. The summed E-state index contributed by atoms with van der Waals surface area (Å²) in [5.74, 6) is 0.188. The molecule has 0 aliphatic carbocycles. The highest BCUT2D eigenvalue weighted by Gasteiger charge is 2.30. The van der Waals surface area contributed by atoms with Gasteiger partial charge in [0.05, 0.1) is 17.1 Å². The third-order valence-electron chi connectivity index (χ3n) is 5.14. The minimum absolute atomic E-state index is 0.217. The zero-order valence-electron chi connectivity index (χ0n) is 16.8. The minimum atomic E-state index is -3.55. The first-order valence-electron chi connectivity index (χ1n) is 9.79. The van der Waals surface area contributed by atoms with Crippen molar-refractivity contribution >= 4 is 32.4 Å². The smallest absolute Gasteiger partial charge is 0.257 e. The van der Waals surface area contributed by atoms with Crippen LogP contribution < -0.4 is 5.32 Å². The van der Waals surface area contributed by atoms with Crippen molar-refractivity contribution in [3.8, 4) is 0 Å². The van der Waals surface area contributed by atoms with E-state index in [9.17, 15) is 13.2 Å². The van der Waals surface area contributed by atoms with Crippen LogP contribution in [0.3, 0.4) is 0 Å². The summed E-state index contributed by atoms with van der Waals surface area (Å²) >= 11 is 1.33. The van der Waals surface area contributed by atoms with Gasteiger partial charge in [-0.3, -0.25) is 10.1 Å². The van der Waals surface area contributed by atoms with Crippen molar-refractivity contribution < 1.29 is 13.2 Å². The lowest BCUT2D eigenvalue weighted by Gasteiger charge is -2.25. The fourth-order valence-electron chi connectivity index (χ4n) is 3.36. The van der Waals surface area contributed by atoms with Gasteiger partial charge in [0.1, 0.15) is 0 Å². The number of carbonyl (C=O) groups is 1. The van der Waals surface area contributed by atoms with Crippen molar-refractivity contribution in [3.05, 3.63) is 76.3 Å². The molecule has 6 nitrogen and oxygen atoms in total. The number of hydrogen-bond acceptors (Lipinski definition) is 5. The lowest BCUT2D eigenvalue weighted by atomic mass is 10.0. The Labute approximate surface area is 180 Å². The Hall–Kier alpha value is -2.55. The summed E-state index contributed by atoms with van der Waals surface area (Å²) in [6.45, 7) is 4.86. The maximum Gasteiger partial charge on any atom is 0.257 e. The van der Waals surface area contributed by atoms with Crippen molar-refractivity contribution in [2.24, 2.45) is 0 Å². The number of aromatic nitrogens is 1. The maximum absolute atomic E-state index is 12.9. The average Bonchev–Trinajstić information content (AvgIpc) is 3.15. The summed E-state index contributed by atoms with van der Waals surface area (Å²) in [5, 5.41) is 3.35. The fourth-order valence-corrected chi connectivity index (χ4v) is 5.89. The van der Waals surface area contributed by atoms with Crippen molar-refractivity contribution in [2.45, 2.75) is 37.6 Å². The van der Waals surface area contributed by atoms with Gasteiger partial charge in [0.25, 0.3) is 5.91 Å². The van der Waals surface area contributed by atoms with E-state index in [0.29, 0.717) is 29.6 Å². The van der Waals surface area contributed by atoms with Crippen LogP contribution in [0.5, 0.6) is 0 Å². The Bertz CT molecular complexity index is 1150. The highest BCUT2D eigenvalue weighted by atomic mass is 32.2. The summed E-state index contributed by atoms with van der Waals surface area (Å²) in [6, 6.07) is 16.0. The number of carbonyl (C=O) groups excluding carboxylic acids is 1. The van der Waals surface area contributed by atoms with Gasteiger partial charge in [-0.05, 0) is 35.7 Å². The van der Waals surface area contributed by atoms with Gasteiger partial charge in [0.2, 0.25) is 10.0 Å². The second-order valence-corrected chi connectivity index (χ2v) is 10.5. The van der Waals surface area contributed by atoms with Crippen molar-refractivity contribution in [2.75, 3.05) is 11.9 Å². The number of nitrogens with zero attached hydrogens (tertiary/aromatic N) is 2. The lowest BCUT2D eigenvalue weighted by molar-refractivity contribution is 0.102. The fraction of sp³-hybridized carbons (Fsp3) is 0.273. The molecule has 0 bridgehead atoms. The normalized spacial score (nSPS) is 14.5. The number of rotatable bonds is 5. The van der Waals surface area contributed by atoms with Gasteiger partial charge in [0, 0.05) is 23.4 Å². The van der Waals surface area contributed by atoms with Crippen LogP contribution in [-0.2, 0) is 23.0 Å². The molecule has 2 heterocycles. The summed E-state index contributed by atoms with van der Waals surface area (Å²) in [7, 11) is -3.55. The molecule has 8 heteroatoms. The molecule has 0 atom stereocenters. The predicted molar refractivity (Wildman–Crippen MR) is 118 cm³/mol. The second-order valence-electron chi connectivity index (χ2n) is 7.52. The van der Waals surface area contributed by atoms with Crippen LogP contribution in [0, 0.1) is 0 Å². The summed E-state index contributed by atoms with van der Waals surface area (Å²) in [6.07, 6.45) is 0.525. The number of nitrogens with one attached hydrogen (secondary N) is 1. The maximum atomic E-state index is 12.9. The molecule has 0 saturated carbocycles. The molecule has 0 radical (unpaired) electrons. The van der Waals surface area contributed by atoms with Gasteiger partial charge < -0.3 is 0 Å². The summed E-state index contributed by atoms with van der Waals surface area (Å²) < 4.78 is 27.2. The molecule has 1 aromatic heterocycles. The number of anilines is 1. The third kappa shape index (κ3) is 4.16. The van der Waals surface area contributed by atoms with Gasteiger partial charge in [-0.1, -0.05) is 44.2 Å². The summed E-state index contributed by atoms with van der Waals surface area (Å²) in [4.78, 5) is 18.2. The van der Waals surface area contributed by atoms with Crippen molar-refractivity contribution in [1.29, 1.82) is 0 Å². The Morgan fingerprint density at radius 3 is 2.47 bits per heavy atom. The van der Waals surface area contributed by atoms with Gasteiger partial charge in [0.15, 0.2) is 5.13 Å². The van der Waals surface area contributed by atoms with Crippen LogP contribution in [0.4, 0.5) is 5.13 Å². The molecule has 1 aliphatic heterocycles. The van der Waals surface area contributed by atoms with E-state index in [1.165, 1.54) is 21.2 Å². The van der Waals surface area contributed by atoms with E-state index in [2.05, 4.69) is 24.1 Å². The second kappa shape index (κ2) is 8.29. The van der Waals surface area contributed by atoms with E-state index < -0.39 is 10.0 Å². The molecule has 0 spiro atoms. The molecule has 2 aromatic carbocycles. The molecule has 4 rings (SSSR count). The quantitative estimate of drug-likeness (QED) is 0.641. The number of thiazole rings is 1. The Morgan fingerprint density at radius 2 is 1.80 bits per heavy atom. The first-order valence-corrected chi connectivity index (χ1v) is 12.1. The molecular weight excluding hydrogens is 418 g/mol. The van der Waals surface area contributed by atoms with Crippen molar-refractivity contribution in [3.63, 3.8) is 0 Å². The van der Waals surface area contributed by atoms with Gasteiger partial charge in [-0.15, -0.1) is 11.3 Å². The number of hydrogen-bond donors (Lipinski definition) is 1. The average molecular weight is 442 g/mol. The van der Waals surface area contributed by atoms with E-state index in [4.69, 9.17) is 0 Å². The first-order chi connectivity index (χ1) is 14.3. The highest BCUT2D eigenvalue weighted by Crippen LogP contribution is 2.31. The standard InChI is InChI=1S/C22H23N3O3S2/c1-15(2)16-8-10-17(11-9-16)21(26)24-22-23-19-12-13-25(14-20(19)29-22)30(27,28)18-6-4-3-5-7-18/h3-11,15H,12-14H2,1-2H3,(H,23,24,26). The number of sulfonamides is 1. The molecule has 3 aromatic rings. The van der Waals surface area contributed by atoms with Crippen LogP contribution in [0.15, 0.2) is 59.5 Å². The molecular formula is C22H23N3O3S2. The number of benzene rings is 2. The van der Waals surface area contributed by atoms with Gasteiger partial charge in [-0.2, -0.15) is 4.31 Å². The molecule has 1 aliphatic rings. The van der Waals surface area contributed by atoms with E-state index >= 15 is 0 Å². The van der Waals surface area contributed by atoms with E-state index in [-0.39, 0.29) is 17.3 Å². The monoisotopic (exact) mass is 441 g/mol. The van der Waals surface area contributed by atoms with E-state index in [1.54, 1.807) is 30.3 Å². The largest absolute Gasteiger partial charge is 0.298 e. The lowest BCUT2D eigenvalue weighted by Crippen LogP contribution is -2.35. The molecule has 0 saturated heterocycles. The molecule has 0 unspecified atom stereocenters. The highest BCUT2D eigenvalue weighted by molar-refractivity contribution is 7.89. The molecule has 30 heavy (non-hydrogen) atoms. The molecule has 1 N–H and O–H groups in total. The van der Waals surface area contributed by atoms with Crippen LogP contribution in [0.1, 0.15) is 46.3 Å². The Kier molecular flexibility index (Phi) is 5.73. The minimum Gasteiger partial charge on any atom is -0.298 e. The van der Waals surface area contributed by atoms with Crippen LogP contribution in [0.25, 0.3) is 0 Å². The number of fused-ring (bicyclic) bond motifs is 1. The zero-order chi connectivity index (χ0) is 21.3. The number of amides is 1. The van der Waals surface area contributed by atoms with Crippen LogP contribution in [0.2, 0.25) is 0 Å². The summed E-state index contributed by atoms with van der Waals surface area (Å²) in [5.41, 5.74) is 2.60. The molecule has 1 amide bonds. The van der Waals surface area contributed by atoms with E-state index in [0.717, 1.165) is 10.6 Å². The van der Waals surface area contributed by atoms with Gasteiger partial charge in [-0.25, -0.2) is 13.4 Å². The van der Waals surface area contributed by atoms with Gasteiger partial charge >= 0.3 is 0 Å². The molecule has 156 valence electrons. The van der Waals surface area contributed by atoms with Crippen LogP contribution >= 0.6 is 11.3 Å². The van der Waals surface area contributed by atoms with Crippen molar-refractivity contribution in [1.82, 2.24) is 9.29 Å². The SMILES string of the molecule is CC(C)c1ccc(C(=O)Nc2nc3c(s2)CN(S(=O)(=O)c2ccccc2)CC3)cc1. The third-order valence-corrected chi connectivity index (χ3v) is 7.99. The topological polar surface area (TPSA) is 79.4 Å². The molecule has 0 fully saturated rings.